The normalized spacial score (nSPS) is 22.0. The summed E-state index contributed by atoms with van der Waals surface area (Å²) in [5.74, 6) is 2.24. The molecule has 1 rings (SSSR count). The second-order valence-electron chi connectivity index (χ2n) is 9.57. The largest absolute Gasteiger partial charge is 0.303 e. The Balaban J connectivity index is 2.50. The predicted molar refractivity (Wildman–Crippen MR) is 125 cm³/mol. The van der Waals surface area contributed by atoms with Crippen LogP contribution in [0.15, 0.2) is 34.9 Å². The fourth-order valence-electron chi connectivity index (χ4n) is 4.40. The molecule has 0 aromatic heterocycles. The molecule has 0 N–H and O–H groups in total. The molecule has 0 spiro atoms. The van der Waals surface area contributed by atoms with Gasteiger partial charge in [-0.05, 0) is 89.9 Å². The Morgan fingerprint density at radius 3 is 1.96 bits per heavy atom. The average molecular weight is 387 g/mol. The minimum atomic E-state index is 0.697. The number of unbranched alkanes of at least 4 members (excludes halogenated alkanes) is 1. The summed E-state index contributed by atoms with van der Waals surface area (Å²) in [6, 6.07) is 0. The molecule has 0 saturated heterocycles. The Kier molecular flexibility index (Phi) is 13.2. The lowest BCUT2D eigenvalue weighted by Gasteiger charge is -2.28. The predicted octanol–water partition coefficient (Wildman–Crippen LogP) is 8.61. The van der Waals surface area contributed by atoms with Crippen molar-refractivity contribution in [2.75, 3.05) is 0 Å². The number of hydrogen-bond acceptors (Lipinski definition) is 1. The van der Waals surface area contributed by atoms with Crippen molar-refractivity contribution in [1.82, 2.24) is 0 Å². The number of hydrogen-bond donors (Lipinski definition) is 0. The van der Waals surface area contributed by atoms with Crippen LogP contribution >= 0.6 is 0 Å². The Bertz CT molecular complexity index is 520. The summed E-state index contributed by atoms with van der Waals surface area (Å²) >= 11 is 0. The van der Waals surface area contributed by atoms with E-state index in [2.05, 4.69) is 52.8 Å². The lowest BCUT2D eigenvalue weighted by atomic mass is 9.77. The first-order chi connectivity index (χ1) is 13.4. The van der Waals surface area contributed by atoms with E-state index in [1.165, 1.54) is 63.4 Å². The standard InChI is InChI=1S/C27H46O/c1-22(2)12-10-14-23(3)15-11-16-25(5)21-27-18-7-6-17-26(27)20-24(4)13-8-9-19-28/h15,19-22,26-27H,6-14,16-18H2,1-5H3/b23-15+,24-20+,25-21+/t26-,27-/m0/s1. The van der Waals surface area contributed by atoms with E-state index < -0.39 is 0 Å². The second-order valence-corrected chi connectivity index (χ2v) is 9.57. The Hall–Kier alpha value is -1.11. The van der Waals surface area contributed by atoms with Crippen LogP contribution in [-0.4, -0.2) is 6.29 Å². The van der Waals surface area contributed by atoms with Crippen molar-refractivity contribution in [3.05, 3.63) is 34.9 Å². The Morgan fingerprint density at radius 2 is 1.39 bits per heavy atom. The lowest BCUT2D eigenvalue weighted by Crippen LogP contribution is -2.16. The van der Waals surface area contributed by atoms with Crippen LogP contribution in [0.5, 0.6) is 0 Å². The van der Waals surface area contributed by atoms with Crippen LogP contribution in [0.25, 0.3) is 0 Å². The molecule has 0 heterocycles. The van der Waals surface area contributed by atoms with Crippen molar-refractivity contribution in [3.8, 4) is 0 Å². The molecule has 0 aliphatic heterocycles. The van der Waals surface area contributed by atoms with E-state index in [9.17, 15) is 4.79 Å². The minimum Gasteiger partial charge on any atom is -0.303 e. The third-order valence-corrected chi connectivity index (χ3v) is 6.15. The minimum absolute atomic E-state index is 0.697. The van der Waals surface area contributed by atoms with E-state index in [1.54, 1.807) is 11.1 Å². The third kappa shape index (κ3) is 11.7. The molecule has 28 heavy (non-hydrogen) atoms. The molecule has 0 aromatic rings. The van der Waals surface area contributed by atoms with Crippen LogP contribution in [0.4, 0.5) is 0 Å². The van der Waals surface area contributed by atoms with E-state index in [-0.39, 0.29) is 0 Å². The van der Waals surface area contributed by atoms with Crippen molar-refractivity contribution in [1.29, 1.82) is 0 Å². The first-order valence-electron chi connectivity index (χ1n) is 11.9. The van der Waals surface area contributed by atoms with Crippen molar-refractivity contribution in [3.63, 3.8) is 0 Å². The van der Waals surface area contributed by atoms with Crippen LogP contribution in [0, 0.1) is 17.8 Å². The molecule has 1 fully saturated rings. The number of carbonyl (C=O) groups is 1. The fraction of sp³-hybridized carbons (Fsp3) is 0.741. The highest BCUT2D eigenvalue weighted by atomic mass is 16.1. The summed E-state index contributed by atoms with van der Waals surface area (Å²) in [6.07, 6.45) is 23.1. The zero-order valence-corrected chi connectivity index (χ0v) is 19.4. The SMILES string of the molecule is C/C(=C\[C@@H]1CCCC[C@H]1/C=C(\C)CCCC=O)CC/C=C(\C)CCCC(C)C. The van der Waals surface area contributed by atoms with Gasteiger partial charge in [0.05, 0.1) is 0 Å². The monoisotopic (exact) mass is 386 g/mol. The van der Waals surface area contributed by atoms with Gasteiger partial charge in [-0.25, -0.2) is 0 Å². The van der Waals surface area contributed by atoms with Gasteiger partial charge in [0.15, 0.2) is 0 Å². The highest BCUT2D eigenvalue weighted by Gasteiger charge is 2.21. The molecular weight excluding hydrogens is 340 g/mol. The first kappa shape index (κ1) is 24.9. The lowest BCUT2D eigenvalue weighted by molar-refractivity contribution is -0.107. The molecule has 1 aliphatic rings. The van der Waals surface area contributed by atoms with Gasteiger partial charge < -0.3 is 4.79 Å². The molecule has 1 aliphatic carbocycles. The Labute approximate surface area is 175 Å². The van der Waals surface area contributed by atoms with E-state index in [0.29, 0.717) is 18.3 Å². The van der Waals surface area contributed by atoms with E-state index in [1.807, 2.05) is 0 Å². The van der Waals surface area contributed by atoms with Gasteiger partial charge in [0.25, 0.3) is 0 Å². The van der Waals surface area contributed by atoms with Gasteiger partial charge in [-0.1, -0.05) is 68.1 Å². The average Bonchev–Trinajstić information content (AvgIpc) is 2.63. The van der Waals surface area contributed by atoms with Crippen molar-refractivity contribution in [2.45, 2.75) is 112 Å². The number of aldehydes is 1. The molecule has 2 atom stereocenters. The van der Waals surface area contributed by atoms with Gasteiger partial charge in [0, 0.05) is 6.42 Å². The van der Waals surface area contributed by atoms with Gasteiger partial charge in [0.2, 0.25) is 0 Å². The third-order valence-electron chi connectivity index (χ3n) is 6.15. The van der Waals surface area contributed by atoms with E-state index in [0.717, 1.165) is 25.0 Å². The molecule has 0 radical (unpaired) electrons. The molecule has 0 bridgehead atoms. The number of allylic oxidation sites excluding steroid dienone is 6. The second kappa shape index (κ2) is 14.8. The molecule has 1 heteroatoms. The smallest absolute Gasteiger partial charge is 0.120 e. The zero-order valence-electron chi connectivity index (χ0n) is 19.4. The maximum Gasteiger partial charge on any atom is 0.120 e. The highest BCUT2D eigenvalue weighted by molar-refractivity contribution is 5.49. The van der Waals surface area contributed by atoms with Crippen molar-refractivity contribution in [2.24, 2.45) is 17.8 Å². The van der Waals surface area contributed by atoms with Gasteiger partial charge in [-0.15, -0.1) is 0 Å². The molecular formula is C27H46O. The highest BCUT2D eigenvalue weighted by Crippen LogP contribution is 2.34. The molecule has 0 aromatic carbocycles. The summed E-state index contributed by atoms with van der Waals surface area (Å²) in [6.45, 7) is 11.5. The van der Waals surface area contributed by atoms with Gasteiger partial charge in [-0.2, -0.15) is 0 Å². The summed E-state index contributed by atoms with van der Waals surface area (Å²) < 4.78 is 0. The van der Waals surface area contributed by atoms with Crippen molar-refractivity contribution < 1.29 is 4.79 Å². The van der Waals surface area contributed by atoms with Crippen LogP contribution in [0.3, 0.4) is 0 Å². The van der Waals surface area contributed by atoms with E-state index in [4.69, 9.17) is 0 Å². The van der Waals surface area contributed by atoms with Gasteiger partial charge in [0.1, 0.15) is 6.29 Å². The molecule has 1 nitrogen and oxygen atoms in total. The molecule has 0 amide bonds. The van der Waals surface area contributed by atoms with Gasteiger partial charge in [-0.3, -0.25) is 0 Å². The van der Waals surface area contributed by atoms with Crippen LogP contribution in [0.1, 0.15) is 112 Å². The van der Waals surface area contributed by atoms with Crippen LogP contribution in [0.2, 0.25) is 0 Å². The molecule has 160 valence electrons. The summed E-state index contributed by atoms with van der Waals surface area (Å²) in [5.41, 5.74) is 4.61. The number of rotatable bonds is 13. The summed E-state index contributed by atoms with van der Waals surface area (Å²) in [4.78, 5) is 10.5. The topological polar surface area (TPSA) is 17.1 Å². The first-order valence-corrected chi connectivity index (χ1v) is 11.9. The Morgan fingerprint density at radius 1 is 0.821 bits per heavy atom. The molecule has 0 unspecified atom stereocenters. The fourth-order valence-corrected chi connectivity index (χ4v) is 4.40. The van der Waals surface area contributed by atoms with Crippen molar-refractivity contribution >= 4 is 6.29 Å². The summed E-state index contributed by atoms with van der Waals surface area (Å²) in [7, 11) is 0. The maximum absolute atomic E-state index is 10.5. The van der Waals surface area contributed by atoms with Crippen LogP contribution < -0.4 is 0 Å². The van der Waals surface area contributed by atoms with Crippen LogP contribution in [-0.2, 0) is 4.79 Å². The zero-order chi connectivity index (χ0) is 20.8. The molecule has 1 saturated carbocycles. The van der Waals surface area contributed by atoms with E-state index >= 15 is 0 Å². The maximum atomic E-state index is 10.5. The quantitative estimate of drug-likeness (QED) is 0.176. The number of carbonyl (C=O) groups excluding carboxylic acids is 1. The summed E-state index contributed by atoms with van der Waals surface area (Å²) in [5, 5.41) is 0. The van der Waals surface area contributed by atoms with Gasteiger partial charge >= 0.3 is 0 Å².